The highest BCUT2D eigenvalue weighted by atomic mass is 32.2. The van der Waals surface area contributed by atoms with Crippen LogP contribution < -0.4 is 0 Å². The molecule has 0 aliphatic heterocycles. The van der Waals surface area contributed by atoms with Gasteiger partial charge >= 0.3 is 0 Å². The third kappa shape index (κ3) is 2.00. The van der Waals surface area contributed by atoms with Crippen molar-refractivity contribution in [3.8, 4) is 0 Å². The largest absolute Gasteiger partial charge is 0.279 e. The summed E-state index contributed by atoms with van der Waals surface area (Å²) in [7, 11) is 0. The molecule has 2 aromatic rings. The molecule has 0 spiro atoms. The summed E-state index contributed by atoms with van der Waals surface area (Å²) in [4.78, 5) is 12.4. The summed E-state index contributed by atoms with van der Waals surface area (Å²) in [5.74, 6) is 0. The van der Waals surface area contributed by atoms with Gasteiger partial charge in [0.25, 0.3) is 0 Å². The molecule has 1 aromatic carbocycles. The molecule has 0 amide bonds. The number of nitrogens with zero attached hydrogens (tertiary/aromatic N) is 2. The number of hydrogen-bond donors (Lipinski definition) is 1. The van der Waals surface area contributed by atoms with Gasteiger partial charge in [-0.3, -0.25) is 4.79 Å². The number of thioether (sulfide) groups is 1. The summed E-state index contributed by atoms with van der Waals surface area (Å²) >= 11 is 1.14. The second-order valence-corrected chi connectivity index (χ2v) is 3.60. The van der Waals surface area contributed by atoms with Crippen molar-refractivity contribution in [2.45, 2.75) is 4.90 Å². The lowest BCUT2D eigenvalue weighted by Gasteiger charge is -1.95. The number of hydrogen-bond acceptors (Lipinski definition) is 4. The molecule has 0 saturated carbocycles. The Kier molecular flexibility index (Phi) is 2.60. The van der Waals surface area contributed by atoms with E-state index in [1.807, 2.05) is 30.3 Å². The number of H-pyrrole nitrogens is 1. The predicted octanol–water partition coefficient (Wildman–Crippen LogP) is 1.74. The van der Waals surface area contributed by atoms with Gasteiger partial charge in [-0.15, -0.1) is 0 Å². The zero-order valence-corrected chi connectivity index (χ0v) is 7.99. The van der Waals surface area contributed by atoms with Crippen molar-refractivity contribution in [1.29, 1.82) is 0 Å². The minimum Gasteiger partial charge on any atom is -0.279 e. The molecule has 1 N–H and O–H groups in total. The molecule has 0 aliphatic carbocycles. The van der Waals surface area contributed by atoms with Crippen molar-refractivity contribution >= 4 is 16.9 Å². The molecular formula is C9H7N3OS. The molecule has 0 unspecified atom stereocenters. The average molecular weight is 205 g/mol. The van der Waals surface area contributed by atoms with Crippen LogP contribution in [0.25, 0.3) is 0 Å². The standard InChI is InChI=1S/C9H7N3OS/c13-9(8-6-10-12-11-8)14-7-4-2-1-3-5-7/h1-6H,(H,10,11,12). The number of nitrogens with one attached hydrogen (secondary N) is 1. The second kappa shape index (κ2) is 4.06. The normalized spacial score (nSPS) is 10.0. The minimum absolute atomic E-state index is 0.107. The summed E-state index contributed by atoms with van der Waals surface area (Å²) in [5, 5.41) is 9.58. The molecule has 1 aromatic heterocycles. The Morgan fingerprint density at radius 3 is 2.71 bits per heavy atom. The summed E-state index contributed by atoms with van der Waals surface area (Å²) in [6.45, 7) is 0. The van der Waals surface area contributed by atoms with E-state index in [4.69, 9.17) is 0 Å². The Labute approximate surface area is 84.7 Å². The van der Waals surface area contributed by atoms with Gasteiger partial charge in [0, 0.05) is 4.90 Å². The fourth-order valence-corrected chi connectivity index (χ4v) is 1.66. The third-order valence-corrected chi connectivity index (χ3v) is 2.48. The maximum absolute atomic E-state index is 11.5. The van der Waals surface area contributed by atoms with E-state index in [-0.39, 0.29) is 5.12 Å². The number of aromatic nitrogens is 3. The van der Waals surface area contributed by atoms with Crippen LogP contribution in [0.2, 0.25) is 0 Å². The van der Waals surface area contributed by atoms with Gasteiger partial charge in [0.15, 0.2) is 5.69 Å². The van der Waals surface area contributed by atoms with Crippen LogP contribution in [0.1, 0.15) is 10.5 Å². The average Bonchev–Trinajstić information content (AvgIpc) is 2.72. The lowest BCUT2D eigenvalue weighted by atomic mass is 10.4. The molecule has 0 atom stereocenters. The van der Waals surface area contributed by atoms with Crippen molar-refractivity contribution < 1.29 is 4.79 Å². The van der Waals surface area contributed by atoms with Crippen LogP contribution in [0.4, 0.5) is 0 Å². The Morgan fingerprint density at radius 2 is 2.07 bits per heavy atom. The third-order valence-electron chi connectivity index (χ3n) is 1.58. The molecule has 70 valence electrons. The Balaban J connectivity index is 2.10. The molecule has 5 heteroatoms. The molecule has 4 nitrogen and oxygen atoms in total. The summed E-state index contributed by atoms with van der Waals surface area (Å²) in [5.41, 5.74) is 0.346. The maximum Gasteiger partial charge on any atom is 0.246 e. The van der Waals surface area contributed by atoms with Crippen molar-refractivity contribution in [2.24, 2.45) is 0 Å². The first-order chi connectivity index (χ1) is 6.86. The van der Waals surface area contributed by atoms with E-state index in [9.17, 15) is 4.79 Å². The van der Waals surface area contributed by atoms with E-state index >= 15 is 0 Å². The molecule has 14 heavy (non-hydrogen) atoms. The van der Waals surface area contributed by atoms with Crippen LogP contribution >= 0.6 is 11.8 Å². The highest BCUT2D eigenvalue weighted by molar-refractivity contribution is 8.14. The van der Waals surface area contributed by atoms with Crippen LogP contribution in [0.5, 0.6) is 0 Å². The summed E-state index contributed by atoms with van der Waals surface area (Å²) < 4.78 is 0. The number of carbonyl (C=O) groups excluding carboxylic acids is 1. The Bertz CT molecular complexity index is 413. The zero-order valence-electron chi connectivity index (χ0n) is 7.18. The maximum atomic E-state index is 11.5. The van der Waals surface area contributed by atoms with Gasteiger partial charge in [-0.2, -0.15) is 15.4 Å². The van der Waals surface area contributed by atoms with Gasteiger partial charge in [-0.25, -0.2) is 0 Å². The molecule has 2 rings (SSSR count). The number of carbonyl (C=O) groups is 1. The van der Waals surface area contributed by atoms with E-state index in [1.54, 1.807) is 0 Å². The van der Waals surface area contributed by atoms with Crippen LogP contribution in [0, 0.1) is 0 Å². The van der Waals surface area contributed by atoms with Crippen molar-refractivity contribution in [3.63, 3.8) is 0 Å². The fraction of sp³-hybridized carbons (Fsp3) is 0. The van der Waals surface area contributed by atoms with Gasteiger partial charge in [0.1, 0.15) is 0 Å². The van der Waals surface area contributed by atoms with Gasteiger partial charge < -0.3 is 0 Å². The Hall–Kier alpha value is -1.62. The van der Waals surface area contributed by atoms with Gasteiger partial charge in [-0.05, 0) is 23.9 Å². The lowest BCUT2D eigenvalue weighted by Crippen LogP contribution is -1.93. The molecule has 1 heterocycles. The van der Waals surface area contributed by atoms with Crippen LogP contribution in [0.3, 0.4) is 0 Å². The minimum atomic E-state index is -0.107. The first kappa shape index (κ1) is 8.96. The van der Waals surface area contributed by atoms with Crippen LogP contribution in [-0.2, 0) is 0 Å². The van der Waals surface area contributed by atoms with E-state index in [2.05, 4.69) is 15.4 Å². The van der Waals surface area contributed by atoms with Crippen LogP contribution in [-0.4, -0.2) is 20.5 Å². The van der Waals surface area contributed by atoms with E-state index in [0.29, 0.717) is 5.69 Å². The number of aromatic amines is 1. The van der Waals surface area contributed by atoms with Crippen molar-refractivity contribution in [2.75, 3.05) is 0 Å². The lowest BCUT2D eigenvalue weighted by molar-refractivity contribution is 0.108. The highest BCUT2D eigenvalue weighted by Gasteiger charge is 2.09. The predicted molar refractivity (Wildman–Crippen MR) is 53.0 cm³/mol. The van der Waals surface area contributed by atoms with E-state index in [1.165, 1.54) is 6.20 Å². The molecule has 0 saturated heterocycles. The number of rotatable bonds is 2. The quantitative estimate of drug-likeness (QED) is 0.758. The van der Waals surface area contributed by atoms with Gasteiger partial charge in [0.05, 0.1) is 6.20 Å². The molecule has 0 fully saturated rings. The second-order valence-electron chi connectivity index (χ2n) is 2.56. The first-order valence-electron chi connectivity index (χ1n) is 3.99. The van der Waals surface area contributed by atoms with Crippen LogP contribution in [0.15, 0.2) is 41.4 Å². The molecule has 0 bridgehead atoms. The highest BCUT2D eigenvalue weighted by Crippen LogP contribution is 2.20. The smallest absolute Gasteiger partial charge is 0.246 e. The van der Waals surface area contributed by atoms with Gasteiger partial charge in [0.2, 0.25) is 5.12 Å². The van der Waals surface area contributed by atoms with Crippen molar-refractivity contribution in [3.05, 3.63) is 42.2 Å². The summed E-state index contributed by atoms with van der Waals surface area (Å²) in [6, 6.07) is 9.44. The zero-order chi connectivity index (χ0) is 9.80. The molecular weight excluding hydrogens is 198 g/mol. The monoisotopic (exact) mass is 205 g/mol. The molecule has 0 radical (unpaired) electrons. The topological polar surface area (TPSA) is 58.6 Å². The SMILES string of the molecule is O=C(Sc1ccccc1)c1cn[nH]n1. The van der Waals surface area contributed by atoms with E-state index < -0.39 is 0 Å². The Morgan fingerprint density at radius 1 is 1.29 bits per heavy atom. The summed E-state index contributed by atoms with van der Waals surface area (Å²) in [6.07, 6.45) is 1.41. The number of benzene rings is 1. The molecule has 0 aliphatic rings. The van der Waals surface area contributed by atoms with Gasteiger partial charge in [-0.1, -0.05) is 18.2 Å². The van der Waals surface area contributed by atoms with E-state index in [0.717, 1.165) is 16.7 Å². The fourth-order valence-electron chi connectivity index (χ4n) is 0.948. The van der Waals surface area contributed by atoms with Crippen molar-refractivity contribution in [1.82, 2.24) is 15.4 Å². The first-order valence-corrected chi connectivity index (χ1v) is 4.81.